The first-order valence-electron chi connectivity index (χ1n) is 9.58. The van der Waals surface area contributed by atoms with E-state index < -0.39 is 22.8 Å². The van der Waals surface area contributed by atoms with E-state index in [9.17, 15) is 19.2 Å². The zero-order chi connectivity index (χ0) is 21.8. The second-order valence-corrected chi connectivity index (χ2v) is 9.11. The molecule has 1 atom stereocenters. The first-order chi connectivity index (χ1) is 13.6. The van der Waals surface area contributed by atoms with Crippen molar-refractivity contribution in [3.63, 3.8) is 0 Å². The second kappa shape index (κ2) is 9.43. The van der Waals surface area contributed by atoms with E-state index in [1.807, 2.05) is 13.8 Å². The van der Waals surface area contributed by atoms with Gasteiger partial charge in [-0.15, -0.1) is 0 Å². The van der Waals surface area contributed by atoms with Crippen molar-refractivity contribution in [3.05, 3.63) is 35.9 Å². The van der Waals surface area contributed by atoms with Gasteiger partial charge in [0, 0.05) is 19.2 Å². The molecule has 1 saturated heterocycles. The third kappa shape index (κ3) is 5.38. The number of nitrogens with zero attached hydrogens (tertiary/aromatic N) is 2. The first kappa shape index (κ1) is 22.9. The molecule has 0 radical (unpaired) electrons. The summed E-state index contributed by atoms with van der Waals surface area (Å²) in [7, 11) is 1.57. The smallest absolute Gasteiger partial charge is 0.327 e. The van der Waals surface area contributed by atoms with Crippen LogP contribution in [0.4, 0.5) is 4.79 Å². The van der Waals surface area contributed by atoms with Crippen molar-refractivity contribution in [1.82, 2.24) is 9.80 Å². The van der Waals surface area contributed by atoms with Gasteiger partial charge in [-0.2, -0.15) is 0 Å². The van der Waals surface area contributed by atoms with Crippen molar-refractivity contribution >= 4 is 34.8 Å². The molecule has 1 aromatic carbocycles. The molecule has 3 amide bonds. The Kier molecular flexibility index (Phi) is 7.46. The summed E-state index contributed by atoms with van der Waals surface area (Å²) < 4.78 is 5.32. The minimum Gasteiger partial charge on any atom is -0.465 e. The van der Waals surface area contributed by atoms with Crippen molar-refractivity contribution in [3.8, 4) is 0 Å². The number of rotatable bonds is 8. The lowest BCUT2D eigenvalue weighted by atomic mass is 10.1. The molecule has 1 aliphatic rings. The van der Waals surface area contributed by atoms with Gasteiger partial charge in [0.05, 0.1) is 6.61 Å². The fraction of sp³-hybridized carbons (Fsp3) is 0.524. The number of thioether (sulfide) groups is 1. The Morgan fingerprint density at radius 1 is 1.14 bits per heavy atom. The number of urea groups is 1. The number of benzene rings is 1. The number of esters is 1. The number of hydrogen-bond acceptors (Lipinski definition) is 6. The minimum atomic E-state index is -0.933. The Bertz CT molecular complexity index is 779. The van der Waals surface area contributed by atoms with Gasteiger partial charge in [0.1, 0.15) is 10.8 Å². The van der Waals surface area contributed by atoms with Crippen LogP contribution in [0, 0.1) is 5.92 Å². The number of ether oxygens (including phenoxy) is 1. The van der Waals surface area contributed by atoms with E-state index in [0.717, 1.165) is 16.7 Å². The van der Waals surface area contributed by atoms with Crippen LogP contribution >= 0.6 is 11.8 Å². The van der Waals surface area contributed by atoms with Crippen LogP contribution in [0.5, 0.6) is 0 Å². The maximum absolute atomic E-state index is 12.6. The molecule has 2 rings (SSSR count). The summed E-state index contributed by atoms with van der Waals surface area (Å²) in [4.78, 5) is 52.6. The Morgan fingerprint density at radius 2 is 1.76 bits per heavy atom. The molecule has 7 nitrogen and oxygen atoms in total. The Hall–Kier alpha value is -2.35. The molecular weight excluding hydrogens is 392 g/mol. The van der Waals surface area contributed by atoms with E-state index in [1.54, 1.807) is 51.2 Å². The van der Waals surface area contributed by atoms with Crippen molar-refractivity contribution in [1.29, 1.82) is 0 Å². The van der Waals surface area contributed by atoms with Crippen LogP contribution in [-0.2, 0) is 14.3 Å². The van der Waals surface area contributed by atoms with E-state index >= 15 is 0 Å². The van der Waals surface area contributed by atoms with Crippen molar-refractivity contribution in [2.45, 2.75) is 44.9 Å². The van der Waals surface area contributed by atoms with Crippen LogP contribution in [0.1, 0.15) is 44.5 Å². The van der Waals surface area contributed by atoms with Gasteiger partial charge in [0.2, 0.25) is 5.12 Å². The van der Waals surface area contributed by atoms with Crippen molar-refractivity contribution in [2.24, 2.45) is 5.92 Å². The number of carbonyl (C=O) groups is 4. The molecule has 1 aliphatic heterocycles. The first-order valence-corrected chi connectivity index (χ1v) is 10.5. The Labute approximate surface area is 175 Å². The fourth-order valence-corrected chi connectivity index (χ4v) is 3.68. The van der Waals surface area contributed by atoms with Crippen LogP contribution in [-0.4, -0.2) is 63.8 Å². The monoisotopic (exact) mass is 420 g/mol. The largest absolute Gasteiger partial charge is 0.465 e. The predicted molar refractivity (Wildman–Crippen MR) is 112 cm³/mol. The van der Waals surface area contributed by atoms with E-state index in [2.05, 4.69) is 0 Å². The molecule has 0 bridgehead atoms. The molecular formula is C21H28N2O5S. The zero-order valence-corrected chi connectivity index (χ0v) is 18.3. The molecule has 29 heavy (non-hydrogen) atoms. The van der Waals surface area contributed by atoms with Crippen LogP contribution in [0.15, 0.2) is 30.3 Å². The van der Waals surface area contributed by atoms with Gasteiger partial charge >= 0.3 is 12.0 Å². The van der Waals surface area contributed by atoms with E-state index in [1.165, 1.54) is 4.90 Å². The highest BCUT2D eigenvalue weighted by Gasteiger charge is 2.49. The van der Waals surface area contributed by atoms with Crippen LogP contribution < -0.4 is 0 Å². The molecule has 0 aliphatic carbocycles. The summed E-state index contributed by atoms with van der Waals surface area (Å²) in [6, 6.07) is 8.25. The third-order valence-corrected chi connectivity index (χ3v) is 5.98. The highest BCUT2D eigenvalue weighted by atomic mass is 32.2. The van der Waals surface area contributed by atoms with E-state index in [0.29, 0.717) is 5.56 Å². The van der Waals surface area contributed by atoms with Gasteiger partial charge < -0.3 is 9.64 Å². The van der Waals surface area contributed by atoms with Crippen LogP contribution in [0.2, 0.25) is 0 Å². The van der Waals surface area contributed by atoms with Crippen LogP contribution in [0.25, 0.3) is 0 Å². The highest BCUT2D eigenvalue weighted by Crippen LogP contribution is 2.28. The SMILES string of the molecule is CC(C)COC(=O)C(CCN1C(=O)N(C)C(C)(C)C1=O)SC(=O)c1ccccc1. The second-order valence-electron chi connectivity index (χ2n) is 7.93. The maximum atomic E-state index is 12.6. The van der Waals surface area contributed by atoms with Gasteiger partial charge in [-0.3, -0.25) is 19.3 Å². The minimum absolute atomic E-state index is 0.0436. The van der Waals surface area contributed by atoms with Crippen molar-refractivity contribution < 1.29 is 23.9 Å². The summed E-state index contributed by atoms with van der Waals surface area (Å²) >= 11 is 0.868. The quantitative estimate of drug-likeness (QED) is 0.474. The normalized spacial score (nSPS) is 17.0. The molecule has 0 N–H and O–H groups in total. The van der Waals surface area contributed by atoms with Gasteiger partial charge in [-0.25, -0.2) is 4.79 Å². The van der Waals surface area contributed by atoms with Crippen molar-refractivity contribution in [2.75, 3.05) is 20.2 Å². The maximum Gasteiger partial charge on any atom is 0.327 e. The molecule has 1 unspecified atom stereocenters. The molecule has 158 valence electrons. The molecule has 1 fully saturated rings. The summed E-state index contributed by atoms with van der Waals surface area (Å²) in [6.07, 6.45) is 0.140. The lowest BCUT2D eigenvalue weighted by Gasteiger charge is -2.22. The summed E-state index contributed by atoms with van der Waals surface area (Å²) in [6.45, 7) is 7.48. The Morgan fingerprint density at radius 3 is 2.28 bits per heavy atom. The number of carbonyl (C=O) groups excluding carboxylic acids is 4. The standard InChI is InChI=1S/C21H28N2O5S/c1-14(2)13-28-17(24)16(29-18(25)15-9-7-6-8-10-15)11-12-23-19(26)21(3,4)22(5)20(23)27/h6-10,14,16H,11-13H2,1-5H3. The lowest BCUT2D eigenvalue weighted by molar-refractivity contribution is -0.144. The van der Waals surface area contributed by atoms with Gasteiger partial charge in [-0.05, 0) is 26.2 Å². The third-order valence-electron chi connectivity index (χ3n) is 4.82. The molecule has 1 heterocycles. The van der Waals surface area contributed by atoms with Gasteiger partial charge in [-0.1, -0.05) is 55.9 Å². The van der Waals surface area contributed by atoms with Gasteiger partial charge in [0.25, 0.3) is 5.91 Å². The molecule has 0 aromatic heterocycles. The molecule has 8 heteroatoms. The number of likely N-dealkylation sites (N-methyl/N-ethyl adjacent to an activating group) is 1. The number of amides is 3. The fourth-order valence-electron chi connectivity index (χ4n) is 2.76. The summed E-state index contributed by atoms with van der Waals surface area (Å²) in [5.74, 6) is -0.677. The average Bonchev–Trinajstić information content (AvgIpc) is 2.83. The molecule has 0 saturated carbocycles. The predicted octanol–water partition coefficient (Wildman–Crippen LogP) is 3.19. The zero-order valence-electron chi connectivity index (χ0n) is 17.5. The average molecular weight is 421 g/mol. The number of hydrogen-bond donors (Lipinski definition) is 0. The molecule has 0 spiro atoms. The molecule has 1 aromatic rings. The summed E-state index contributed by atoms with van der Waals surface area (Å²) in [5.41, 5.74) is -0.453. The van der Waals surface area contributed by atoms with Gasteiger partial charge in [0.15, 0.2) is 0 Å². The Balaban J connectivity index is 2.11. The van der Waals surface area contributed by atoms with Crippen LogP contribution in [0.3, 0.4) is 0 Å². The lowest BCUT2D eigenvalue weighted by Crippen LogP contribution is -2.41. The highest BCUT2D eigenvalue weighted by molar-refractivity contribution is 8.15. The van der Waals surface area contributed by atoms with E-state index in [4.69, 9.17) is 4.74 Å². The topological polar surface area (TPSA) is 84.0 Å². The summed E-state index contributed by atoms with van der Waals surface area (Å²) in [5, 5.41) is -1.07. The number of imide groups is 1. The van der Waals surface area contributed by atoms with E-state index in [-0.39, 0.29) is 36.5 Å².